The SMILES string of the molecule is CCCCC(CC)COC(=O)CC(SOO[O-])C(=O)OCCC(F)(F)C(F)(F)C(F)(C(F)(F)F)C(F)(F)F.[Na+]. The van der Waals surface area contributed by atoms with Crippen molar-refractivity contribution in [2.75, 3.05) is 13.2 Å². The number of halogens is 11. The van der Waals surface area contributed by atoms with Crippen LogP contribution < -0.4 is 34.8 Å². The molecule has 0 aliphatic rings. The Bertz CT molecular complexity index is 740. The van der Waals surface area contributed by atoms with Crippen LogP contribution in [0, 0.1) is 5.92 Å². The molecule has 0 aromatic rings. The zero-order valence-electron chi connectivity index (χ0n) is 20.7. The van der Waals surface area contributed by atoms with Gasteiger partial charge in [0.05, 0.1) is 26.1 Å². The van der Waals surface area contributed by atoms with Gasteiger partial charge in [-0.3, -0.25) is 14.6 Å². The normalized spacial score (nSPS) is 14.8. The number of carbonyl (C=O) groups excluding carboxylic acids is 2. The van der Waals surface area contributed by atoms with E-state index in [2.05, 4.69) is 14.1 Å². The Morgan fingerprint density at radius 2 is 1.44 bits per heavy atom. The molecule has 226 valence electrons. The number of esters is 2. The Hall–Kier alpha value is -0.600. The number of ether oxygens (including phenoxy) is 2. The average molecular weight is 628 g/mol. The maximum absolute atomic E-state index is 13.8. The molecule has 0 bridgehead atoms. The van der Waals surface area contributed by atoms with E-state index in [1.807, 2.05) is 6.92 Å². The number of unbranched alkanes of at least 4 members (excludes halogenated alkanes) is 1. The van der Waals surface area contributed by atoms with Crippen molar-refractivity contribution < 1.29 is 112 Å². The summed E-state index contributed by atoms with van der Waals surface area (Å²) in [7, 11) is 0. The standard InChI is InChI=1S/C19H25F11O7S.Na/c1-3-5-6-11(4-2)10-35-13(31)9-12(38-37-36-33)14(32)34-8-7-15(20,21)17(23,24)16(22,18(25,26)27)19(28,29)30;/h11-12,33H,3-10H2,1-2H3;/q;+1/p-1. The van der Waals surface area contributed by atoms with Crippen LogP contribution in [0.25, 0.3) is 0 Å². The fourth-order valence-electron chi connectivity index (χ4n) is 2.84. The van der Waals surface area contributed by atoms with E-state index in [0.29, 0.717) is 12.8 Å². The van der Waals surface area contributed by atoms with E-state index in [9.17, 15) is 63.1 Å². The fourth-order valence-corrected chi connectivity index (χ4v) is 3.32. The molecule has 20 heteroatoms. The Morgan fingerprint density at radius 3 is 1.87 bits per heavy atom. The minimum atomic E-state index is -7.64. The van der Waals surface area contributed by atoms with Crippen LogP contribution >= 0.6 is 12.0 Å². The summed E-state index contributed by atoms with van der Waals surface area (Å²) in [5, 5.41) is 11.0. The van der Waals surface area contributed by atoms with E-state index in [-0.39, 0.29) is 54.1 Å². The van der Waals surface area contributed by atoms with E-state index >= 15 is 0 Å². The van der Waals surface area contributed by atoms with Crippen LogP contribution in [0.3, 0.4) is 0 Å². The first kappa shape index (κ1) is 40.5. The zero-order chi connectivity index (χ0) is 30.0. The van der Waals surface area contributed by atoms with E-state index in [4.69, 9.17) is 4.74 Å². The monoisotopic (exact) mass is 628 g/mol. The molecule has 0 aliphatic heterocycles. The van der Waals surface area contributed by atoms with Crippen LogP contribution in [-0.2, 0) is 28.4 Å². The van der Waals surface area contributed by atoms with E-state index in [1.54, 1.807) is 6.92 Å². The molecule has 2 atom stereocenters. The number of rotatable bonds is 17. The first-order chi connectivity index (χ1) is 17.2. The van der Waals surface area contributed by atoms with E-state index < -0.39 is 66.5 Å². The van der Waals surface area contributed by atoms with Gasteiger partial charge in [-0.15, -0.1) is 0 Å². The predicted octanol–water partition coefficient (Wildman–Crippen LogP) is 2.42. The van der Waals surface area contributed by atoms with Crippen LogP contribution in [0.15, 0.2) is 0 Å². The van der Waals surface area contributed by atoms with Crippen LogP contribution in [-0.4, -0.2) is 60.3 Å². The van der Waals surface area contributed by atoms with Gasteiger partial charge in [0.2, 0.25) is 0 Å². The van der Waals surface area contributed by atoms with Crippen LogP contribution in [0.4, 0.5) is 48.3 Å². The van der Waals surface area contributed by atoms with Gasteiger partial charge in [-0.2, -0.15) is 48.2 Å². The van der Waals surface area contributed by atoms with Crippen molar-refractivity contribution in [2.45, 2.75) is 87.5 Å². The van der Waals surface area contributed by atoms with Gasteiger partial charge in [-0.1, -0.05) is 33.1 Å². The summed E-state index contributed by atoms with van der Waals surface area (Å²) in [5.74, 6) is -16.6. The summed E-state index contributed by atoms with van der Waals surface area (Å²) in [6.07, 6.45) is -15.7. The first-order valence-corrected chi connectivity index (χ1v) is 11.6. The summed E-state index contributed by atoms with van der Waals surface area (Å²) < 4.78 is 157. The van der Waals surface area contributed by atoms with Gasteiger partial charge in [-0.05, 0) is 12.3 Å². The van der Waals surface area contributed by atoms with Crippen molar-refractivity contribution in [2.24, 2.45) is 5.92 Å². The largest absolute Gasteiger partial charge is 1.00 e. The van der Waals surface area contributed by atoms with Crippen molar-refractivity contribution in [3.63, 3.8) is 0 Å². The molecule has 7 nitrogen and oxygen atoms in total. The molecule has 0 heterocycles. The first-order valence-electron chi connectivity index (χ1n) is 10.8. The third-order valence-electron chi connectivity index (χ3n) is 5.16. The molecule has 0 saturated heterocycles. The summed E-state index contributed by atoms with van der Waals surface area (Å²) in [6, 6.07) is 0. The number of carbonyl (C=O) groups is 2. The van der Waals surface area contributed by atoms with Gasteiger partial charge in [0.15, 0.2) is 0 Å². The van der Waals surface area contributed by atoms with Crippen molar-refractivity contribution in [3.8, 4) is 0 Å². The van der Waals surface area contributed by atoms with Crippen LogP contribution in [0.1, 0.15) is 52.4 Å². The van der Waals surface area contributed by atoms with Gasteiger partial charge in [-0.25, -0.2) is 4.39 Å². The topological polar surface area (TPSA) is 94.1 Å². The predicted molar refractivity (Wildman–Crippen MR) is 104 cm³/mol. The average Bonchev–Trinajstić information content (AvgIpc) is 2.79. The van der Waals surface area contributed by atoms with Gasteiger partial charge in [0.25, 0.3) is 0 Å². The summed E-state index contributed by atoms with van der Waals surface area (Å²) in [6.45, 7) is 1.68. The minimum Gasteiger partial charge on any atom is -0.691 e. The Labute approximate surface area is 241 Å². The van der Waals surface area contributed by atoms with E-state index in [0.717, 1.165) is 12.8 Å². The molecule has 0 N–H and O–H groups in total. The van der Waals surface area contributed by atoms with Crippen molar-refractivity contribution in [1.82, 2.24) is 0 Å². The Morgan fingerprint density at radius 1 is 0.897 bits per heavy atom. The fraction of sp³-hybridized carbons (Fsp3) is 0.895. The number of hydrogen-bond donors (Lipinski definition) is 0. The Balaban J connectivity index is 0. The molecule has 0 radical (unpaired) electrons. The summed E-state index contributed by atoms with van der Waals surface area (Å²) in [5.41, 5.74) is -7.64. The molecule has 0 aromatic carbocycles. The summed E-state index contributed by atoms with van der Waals surface area (Å²) >= 11 is -0.217. The molecule has 0 saturated carbocycles. The zero-order valence-corrected chi connectivity index (χ0v) is 23.6. The van der Waals surface area contributed by atoms with Gasteiger partial charge >= 0.3 is 71.4 Å². The molecule has 0 aromatic heterocycles. The second-order valence-electron chi connectivity index (χ2n) is 7.87. The van der Waals surface area contributed by atoms with Crippen molar-refractivity contribution in [1.29, 1.82) is 0 Å². The van der Waals surface area contributed by atoms with Crippen LogP contribution in [0.2, 0.25) is 0 Å². The minimum absolute atomic E-state index is 0. The molecule has 0 amide bonds. The molecule has 0 aliphatic carbocycles. The molecule has 0 spiro atoms. The second-order valence-corrected chi connectivity index (χ2v) is 8.77. The Kier molecular flexibility index (Phi) is 17.4. The van der Waals surface area contributed by atoms with Crippen molar-refractivity contribution >= 4 is 24.0 Å². The summed E-state index contributed by atoms with van der Waals surface area (Å²) in [4.78, 5) is 24.0. The molecule has 0 fully saturated rings. The quantitative estimate of drug-likeness (QED) is 0.0606. The molecular formula is C19H24F11NaO7S. The number of alkyl halides is 11. The third kappa shape index (κ3) is 11.0. The van der Waals surface area contributed by atoms with Crippen LogP contribution in [0.5, 0.6) is 0 Å². The maximum Gasteiger partial charge on any atom is 1.00 e. The molecular weight excluding hydrogens is 604 g/mol. The van der Waals surface area contributed by atoms with E-state index in [1.165, 1.54) is 0 Å². The third-order valence-corrected chi connectivity index (χ3v) is 5.88. The second kappa shape index (κ2) is 16.7. The van der Waals surface area contributed by atoms with Gasteiger partial charge in [0, 0.05) is 12.0 Å². The molecule has 0 rings (SSSR count). The van der Waals surface area contributed by atoms with Gasteiger partial charge in [0.1, 0.15) is 5.25 Å². The van der Waals surface area contributed by atoms with Crippen molar-refractivity contribution in [3.05, 3.63) is 0 Å². The van der Waals surface area contributed by atoms with Gasteiger partial charge < -0.3 is 14.7 Å². The smallest absolute Gasteiger partial charge is 0.691 e. The molecule has 39 heavy (non-hydrogen) atoms. The maximum atomic E-state index is 13.8. The molecule has 2 unspecified atom stereocenters. The number of hydrogen-bond acceptors (Lipinski definition) is 8.